The normalized spacial score (nSPS) is 10.5. The van der Waals surface area contributed by atoms with E-state index in [2.05, 4.69) is 49.1 Å². The van der Waals surface area contributed by atoms with Crippen molar-refractivity contribution in [2.75, 3.05) is 5.32 Å². The van der Waals surface area contributed by atoms with Gasteiger partial charge in [-0.2, -0.15) is 0 Å². The van der Waals surface area contributed by atoms with Crippen LogP contribution in [0.5, 0.6) is 0 Å². The van der Waals surface area contributed by atoms with E-state index < -0.39 is 0 Å². The molecule has 0 fully saturated rings. The average molecular weight is 376 g/mol. The maximum Gasteiger partial charge on any atom is 0.0925 e. The Morgan fingerprint density at radius 3 is 2.59 bits per heavy atom. The summed E-state index contributed by atoms with van der Waals surface area (Å²) in [5.41, 5.74) is 1.08. The zero-order valence-electron chi connectivity index (χ0n) is 9.34. The van der Waals surface area contributed by atoms with Crippen LogP contribution < -0.4 is 5.32 Å². The molecule has 1 aromatic heterocycles. The zero-order valence-corrected chi connectivity index (χ0v) is 13.3. The predicted molar refractivity (Wildman–Crippen MR) is 80.7 cm³/mol. The van der Waals surface area contributed by atoms with E-state index in [4.69, 9.17) is 0 Å². The lowest BCUT2D eigenvalue weighted by Gasteiger charge is -2.09. The molecule has 0 bridgehead atoms. The molecule has 5 heteroatoms. The Hall–Kier alpha value is -0.390. The van der Waals surface area contributed by atoms with E-state index in [1.165, 1.54) is 9.88 Å². The molecule has 0 aliphatic heterocycles. The highest BCUT2D eigenvalue weighted by atomic mass is 79.9. The van der Waals surface area contributed by atoms with Gasteiger partial charge in [0.15, 0.2) is 0 Å². The second-order valence-corrected chi connectivity index (χ2v) is 6.43. The third kappa shape index (κ3) is 3.30. The SMILES string of the molecule is CCc1ncc(CNc2c(Br)cccc2Br)s1. The quantitative estimate of drug-likeness (QED) is 0.826. The molecule has 0 aliphatic rings. The van der Waals surface area contributed by atoms with E-state index in [0.29, 0.717) is 0 Å². The first-order valence-electron chi connectivity index (χ1n) is 5.32. The third-order valence-electron chi connectivity index (χ3n) is 2.31. The van der Waals surface area contributed by atoms with E-state index in [9.17, 15) is 0 Å². The summed E-state index contributed by atoms with van der Waals surface area (Å²) in [6, 6.07) is 6.05. The van der Waals surface area contributed by atoms with Crippen LogP contribution in [0, 0.1) is 0 Å². The summed E-state index contributed by atoms with van der Waals surface area (Å²) in [5.74, 6) is 0. The minimum Gasteiger partial charge on any atom is -0.378 e. The predicted octanol–water partition coefficient (Wildman–Crippen LogP) is 4.84. The first kappa shape index (κ1) is 13.1. The number of nitrogens with zero attached hydrogens (tertiary/aromatic N) is 1. The molecule has 0 spiro atoms. The smallest absolute Gasteiger partial charge is 0.0925 e. The number of thiazole rings is 1. The fraction of sp³-hybridized carbons (Fsp3) is 0.250. The molecule has 2 nitrogen and oxygen atoms in total. The largest absolute Gasteiger partial charge is 0.378 e. The minimum absolute atomic E-state index is 0.804. The van der Waals surface area contributed by atoms with Gasteiger partial charge >= 0.3 is 0 Å². The van der Waals surface area contributed by atoms with Gasteiger partial charge in [-0.1, -0.05) is 13.0 Å². The Morgan fingerprint density at radius 1 is 1.29 bits per heavy atom. The number of hydrogen-bond donors (Lipinski definition) is 1. The Balaban J connectivity index is 2.07. The summed E-state index contributed by atoms with van der Waals surface area (Å²) in [6.07, 6.45) is 2.95. The van der Waals surface area contributed by atoms with E-state index in [1.807, 2.05) is 24.4 Å². The van der Waals surface area contributed by atoms with Crippen LogP contribution in [0.4, 0.5) is 5.69 Å². The Morgan fingerprint density at radius 2 is 2.00 bits per heavy atom. The average Bonchev–Trinajstić information content (AvgIpc) is 2.76. The van der Waals surface area contributed by atoms with Crippen LogP contribution in [0.3, 0.4) is 0 Å². The highest BCUT2D eigenvalue weighted by molar-refractivity contribution is 9.11. The van der Waals surface area contributed by atoms with E-state index in [1.54, 1.807) is 11.3 Å². The maximum atomic E-state index is 4.35. The molecule has 0 amide bonds. The molecule has 17 heavy (non-hydrogen) atoms. The topological polar surface area (TPSA) is 24.9 Å². The van der Waals surface area contributed by atoms with Crippen molar-refractivity contribution in [1.82, 2.24) is 4.98 Å². The van der Waals surface area contributed by atoms with Crippen molar-refractivity contribution >= 4 is 48.9 Å². The number of hydrogen-bond acceptors (Lipinski definition) is 3. The van der Waals surface area contributed by atoms with Crippen LogP contribution in [-0.4, -0.2) is 4.98 Å². The molecular weight excluding hydrogens is 364 g/mol. The van der Waals surface area contributed by atoms with Gasteiger partial charge in [0.25, 0.3) is 0 Å². The molecule has 0 saturated heterocycles. The first-order chi connectivity index (χ1) is 8.20. The van der Waals surface area contributed by atoms with Gasteiger partial charge in [-0.25, -0.2) is 4.98 Å². The van der Waals surface area contributed by atoms with Gasteiger partial charge in [-0.15, -0.1) is 11.3 Å². The number of para-hydroxylation sites is 1. The lowest BCUT2D eigenvalue weighted by atomic mass is 10.3. The molecule has 1 aromatic carbocycles. The van der Waals surface area contributed by atoms with Crippen molar-refractivity contribution in [2.45, 2.75) is 19.9 Å². The second-order valence-electron chi connectivity index (χ2n) is 3.52. The summed E-state index contributed by atoms with van der Waals surface area (Å²) >= 11 is 8.83. The van der Waals surface area contributed by atoms with E-state index >= 15 is 0 Å². The molecular formula is C12H12Br2N2S. The van der Waals surface area contributed by atoms with Crippen LogP contribution >= 0.6 is 43.2 Å². The minimum atomic E-state index is 0.804. The highest BCUT2D eigenvalue weighted by Gasteiger charge is 2.05. The molecule has 1 N–H and O–H groups in total. The van der Waals surface area contributed by atoms with Crippen molar-refractivity contribution < 1.29 is 0 Å². The third-order valence-corrected chi connectivity index (χ3v) is 4.77. The highest BCUT2D eigenvalue weighted by Crippen LogP contribution is 2.31. The van der Waals surface area contributed by atoms with Crippen LogP contribution in [0.1, 0.15) is 16.8 Å². The van der Waals surface area contributed by atoms with Gasteiger partial charge in [0.1, 0.15) is 0 Å². The standard InChI is InChI=1S/C12H12Br2N2S/c1-2-11-15-6-8(17-11)7-16-12-9(13)4-3-5-10(12)14/h3-6,16H,2,7H2,1H3. The second kappa shape index (κ2) is 5.98. The van der Waals surface area contributed by atoms with Crippen LogP contribution in [0.15, 0.2) is 33.3 Å². The number of aromatic nitrogens is 1. The van der Waals surface area contributed by atoms with Crippen molar-refractivity contribution in [3.63, 3.8) is 0 Å². The number of nitrogens with one attached hydrogen (secondary N) is 1. The Bertz CT molecular complexity index is 491. The molecule has 2 rings (SSSR count). The van der Waals surface area contributed by atoms with E-state index in [0.717, 1.165) is 27.6 Å². The summed E-state index contributed by atoms with van der Waals surface area (Å²) in [4.78, 5) is 5.60. The molecule has 0 radical (unpaired) electrons. The Labute approximate surface area is 122 Å². The fourth-order valence-corrected chi connectivity index (χ4v) is 3.52. The van der Waals surface area contributed by atoms with Gasteiger partial charge in [-0.05, 0) is 50.4 Å². The van der Waals surface area contributed by atoms with Crippen LogP contribution in [0.25, 0.3) is 0 Å². The molecule has 0 saturated carbocycles. The van der Waals surface area contributed by atoms with Gasteiger partial charge in [0.05, 0.1) is 17.2 Å². The zero-order chi connectivity index (χ0) is 12.3. The molecule has 1 heterocycles. The summed E-state index contributed by atoms with van der Waals surface area (Å²) in [5, 5.41) is 4.60. The van der Waals surface area contributed by atoms with Gasteiger partial charge < -0.3 is 5.32 Å². The van der Waals surface area contributed by atoms with Gasteiger partial charge in [0.2, 0.25) is 0 Å². The van der Waals surface area contributed by atoms with Crippen LogP contribution in [0.2, 0.25) is 0 Å². The van der Waals surface area contributed by atoms with Crippen LogP contribution in [-0.2, 0) is 13.0 Å². The number of rotatable bonds is 4. The number of benzene rings is 1. The van der Waals surface area contributed by atoms with Crippen molar-refractivity contribution in [1.29, 1.82) is 0 Å². The summed E-state index contributed by atoms with van der Waals surface area (Å²) < 4.78 is 2.12. The van der Waals surface area contributed by atoms with Gasteiger partial charge in [0, 0.05) is 20.0 Å². The monoisotopic (exact) mass is 374 g/mol. The molecule has 0 unspecified atom stereocenters. The Kier molecular flexibility index (Phi) is 4.59. The van der Waals surface area contributed by atoms with Gasteiger partial charge in [-0.3, -0.25) is 0 Å². The van der Waals surface area contributed by atoms with Crippen molar-refractivity contribution in [3.8, 4) is 0 Å². The van der Waals surface area contributed by atoms with Crippen molar-refractivity contribution in [2.24, 2.45) is 0 Å². The van der Waals surface area contributed by atoms with E-state index in [-0.39, 0.29) is 0 Å². The van der Waals surface area contributed by atoms with Crippen molar-refractivity contribution in [3.05, 3.63) is 43.2 Å². The summed E-state index contributed by atoms with van der Waals surface area (Å²) in [7, 11) is 0. The fourth-order valence-electron chi connectivity index (χ4n) is 1.44. The molecule has 2 aromatic rings. The number of anilines is 1. The maximum absolute atomic E-state index is 4.35. The molecule has 90 valence electrons. The molecule has 0 atom stereocenters. The lowest BCUT2D eigenvalue weighted by molar-refractivity contribution is 1.09. The number of halogens is 2. The molecule has 0 aliphatic carbocycles. The number of aryl methyl sites for hydroxylation is 1. The first-order valence-corrected chi connectivity index (χ1v) is 7.72. The lowest BCUT2D eigenvalue weighted by Crippen LogP contribution is -1.98. The summed E-state index contributed by atoms with van der Waals surface area (Å²) in [6.45, 7) is 2.93.